The van der Waals surface area contributed by atoms with Crippen LogP contribution < -0.4 is 19.9 Å². The zero-order valence-corrected chi connectivity index (χ0v) is 22.2. The first-order chi connectivity index (χ1) is 18.2. The number of hydrogen-bond acceptors (Lipinski definition) is 8. The fourth-order valence-electron chi connectivity index (χ4n) is 4.22. The monoisotopic (exact) mass is 536 g/mol. The highest BCUT2D eigenvalue weighted by Crippen LogP contribution is 2.32. The van der Waals surface area contributed by atoms with Gasteiger partial charge in [0.2, 0.25) is 11.8 Å². The molecule has 5 rings (SSSR count). The van der Waals surface area contributed by atoms with Gasteiger partial charge in [-0.1, -0.05) is 23.7 Å². The molecular formula is C27H29ClN6O4. The van der Waals surface area contributed by atoms with Crippen LogP contribution in [0.3, 0.4) is 0 Å². The Kier molecular flexibility index (Phi) is 6.98. The molecular weight excluding hydrogens is 508 g/mol. The topological polar surface area (TPSA) is 100 Å². The van der Waals surface area contributed by atoms with E-state index < -0.39 is 5.60 Å². The van der Waals surface area contributed by atoms with Gasteiger partial charge in [-0.25, -0.2) is 9.78 Å². The summed E-state index contributed by atoms with van der Waals surface area (Å²) in [6.45, 7) is 8.25. The summed E-state index contributed by atoms with van der Waals surface area (Å²) < 4.78 is 11.2. The summed E-state index contributed by atoms with van der Waals surface area (Å²) in [7, 11) is 0. The van der Waals surface area contributed by atoms with Crippen molar-refractivity contribution in [2.75, 3.05) is 48.0 Å². The molecule has 1 fully saturated rings. The summed E-state index contributed by atoms with van der Waals surface area (Å²) in [5, 5.41) is 3.62. The Morgan fingerprint density at radius 2 is 1.76 bits per heavy atom. The maximum Gasteiger partial charge on any atom is 0.410 e. The van der Waals surface area contributed by atoms with Crippen molar-refractivity contribution in [3.63, 3.8) is 0 Å². The van der Waals surface area contributed by atoms with Crippen molar-refractivity contribution in [2.24, 2.45) is 0 Å². The van der Waals surface area contributed by atoms with Gasteiger partial charge in [0.25, 0.3) is 5.91 Å². The third-order valence-corrected chi connectivity index (χ3v) is 6.44. The molecule has 198 valence electrons. The number of halogens is 1. The van der Waals surface area contributed by atoms with Crippen molar-refractivity contribution in [1.29, 1.82) is 0 Å². The van der Waals surface area contributed by atoms with Gasteiger partial charge in [-0.3, -0.25) is 9.69 Å². The minimum absolute atomic E-state index is 0.00189. The fourth-order valence-corrected chi connectivity index (χ4v) is 4.46. The number of nitrogens with one attached hydrogen (secondary N) is 1. The number of carbonyl (C=O) groups excluding carboxylic acids is 2. The molecule has 1 aromatic heterocycles. The molecule has 0 atom stereocenters. The fraction of sp³-hybridized carbons (Fsp3) is 0.333. The zero-order valence-electron chi connectivity index (χ0n) is 21.5. The van der Waals surface area contributed by atoms with E-state index in [1.807, 2.05) is 51.1 Å². The average molecular weight is 537 g/mol. The highest BCUT2D eigenvalue weighted by atomic mass is 35.5. The highest BCUT2D eigenvalue weighted by Gasteiger charge is 2.30. The van der Waals surface area contributed by atoms with Crippen LogP contribution in [0, 0.1) is 0 Å². The van der Waals surface area contributed by atoms with E-state index in [9.17, 15) is 9.59 Å². The Labute approximate surface area is 226 Å². The number of fused-ring (bicyclic) bond motifs is 1. The lowest BCUT2D eigenvalue weighted by molar-refractivity contribution is 0.0240. The van der Waals surface area contributed by atoms with Crippen LogP contribution in [0.4, 0.5) is 27.8 Å². The van der Waals surface area contributed by atoms with Gasteiger partial charge >= 0.3 is 6.09 Å². The van der Waals surface area contributed by atoms with Crippen LogP contribution in [0.15, 0.2) is 54.7 Å². The minimum Gasteiger partial charge on any atom is -0.455 e. The quantitative estimate of drug-likeness (QED) is 0.501. The number of anilines is 4. The lowest BCUT2D eigenvalue weighted by atomic mass is 10.2. The molecule has 0 unspecified atom stereocenters. The van der Waals surface area contributed by atoms with E-state index in [0.717, 1.165) is 24.5 Å². The molecule has 0 bridgehead atoms. The number of nitrogens with zero attached hydrogens (tertiary/aromatic N) is 5. The number of amides is 2. The van der Waals surface area contributed by atoms with Crippen LogP contribution in [0.1, 0.15) is 31.1 Å². The van der Waals surface area contributed by atoms with Crippen LogP contribution in [0.5, 0.6) is 5.88 Å². The van der Waals surface area contributed by atoms with E-state index in [0.29, 0.717) is 29.7 Å². The van der Waals surface area contributed by atoms with Crippen molar-refractivity contribution in [3.05, 3.63) is 65.3 Å². The van der Waals surface area contributed by atoms with E-state index in [2.05, 4.69) is 20.2 Å². The lowest BCUT2D eigenvalue weighted by Crippen LogP contribution is -2.50. The zero-order chi connectivity index (χ0) is 26.9. The number of ether oxygens (including phenoxy) is 2. The Bertz CT molecular complexity index is 1340. The predicted octanol–water partition coefficient (Wildman–Crippen LogP) is 4.93. The minimum atomic E-state index is -0.503. The Morgan fingerprint density at radius 1 is 1.05 bits per heavy atom. The van der Waals surface area contributed by atoms with Gasteiger partial charge in [0.05, 0.1) is 10.7 Å². The number of carbonyl (C=O) groups is 2. The standard InChI is InChI=1S/C27H29ClN6O4/c1-27(2,3)38-26(36)33-14-12-32(13-15-33)19-10-8-18(9-11-19)30-25-29-16-20-23(31-25)37-17-34(24(20)35)22-7-5-4-6-21(22)28/h4-11,16H,12-15,17H2,1-3H3,(H,29,30,31). The maximum absolute atomic E-state index is 13.0. The Balaban J connectivity index is 1.20. The summed E-state index contributed by atoms with van der Waals surface area (Å²) in [6.07, 6.45) is 1.18. The van der Waals surface area contributed by atoms with Gasteiger partial charge in [-0.2, -0.15) is 4.98 Å². The molecule has 2 aliphatic heterocycles. The van der Waals surface area contributed by atoms with Gasteiger partial charge in [0.1, 0.15) is 11.2 Å². The summed E-state index contributed by atoms with van der Waals surface area (Å²) >= 11 is 6.25. The SMILES string of the molecule is CC(C)(C)OC(=O)N1CCN(c2ccc(Nc3ncc4c(n3)OCN(c3ccccc3Cl)C4=O)cc2)CC1. The molecule has 2 aliphatic rings. The molecule has 3 heterocycles. The average Bonchev–Trinajstić information content (AvgIpc) is 2.89. The highest BCUT2D eigenvalue weighted by molar-refractivity contribution is 6.34. The molecule has 38 heavy (non-hydrogen) atoms. The van der Waals surface area contributed by atoms with Gasteiger partial charge < -0.3 is 24.6 Å². The molecule has 0 spiro atoms. The van der Waals surface area contributed by atoms with Crippen LogP contribution in [0.2, 0.25) is 5.02 Å². The van der Waals surface area contributed by atoms with Crippen LogP contribution >= 0.6 is 11.6 Å². The van der Waals surface area contributed by atoms with Crippen LogP contribution in [-0.2, 0) is 4.74 Å². The van der Waals surface area contributed by atoms with Crippen molar-refractivity contribution in [2.45, 2.75) is 26.4 Å². The number of aromatic nitrogens is 2. The first kappa shape index (κ1) is 25.6. The smallest absolute Gasteiger partial charge is 0.410 e. The maximum atomic E-state index is 13.0. The second-order valence-electron chi connectivity index (χ2n) is 10.00. The van der Waals surface area contributed by atoms with E-state index >= 15 is 0 Å². The van der Waals surface area contributed by atoms with Gasteiger partial charge in [-0.15, -0.1) is 0 Å². The summed E-state index contributed by atoms with van der Waals surface area (Å²) in [5.74, 6) is 0.263. The molecule has 3 aromatic rings. The molecule has 2 aromatic carbocycles. The van der Waals surface area contributed by atoms with E-state index in [-0.39, 0.29) is 30.2 Å². The Morgan fingerprint density at radius 3 is 2.45 bits per heavy atom. The lowest BCUT2D eigenvalue weighted by Gasteiger charge is -2.36. The second kappa shape index (κ2) is 10.4. The number of benzene rings is 2. The molecule has 0 radical (unpaired) electrons. The predicted molar refractivity (Wildman–Crippen MR) is 146 cm³/mol. The largest absolute Gasteiger partial charge is 0.455 e. The molecule has 2 amide bonds. The van der Waals surface area contributed by atoms with Gasteiger partial charge in [0.15, 0.2) is 6.73 Å². The Hall–Kier alpha value is -4.05. The molecule has 0 saturated carbocycles. The first-order valence-corrected chi connectivity index (χ1v) is 12.7. The second-order valence-corrected chi connectivity index (χ2v) is 10.4. The third-order valence-electron chi connectivity index (χ3n) is 6.12. The molecule has 11 heteroatoms. The van der Waals surface area contributed by atoms with Crippen molar-refractivity contribution in [3.8, 4) is 5.88 Å². The number of piperazine rings is 1. The van der Waals surface area contributed by atoms with Gasteiger partial charge in [0, 0.05) is 43.8 Å². The van der Waals surface area contributed by atoms with Crippen LogP contribution in [0.25, 0.3) is 0 Å². The third kappa shape index (κ3) is 5.60. The van der Waals surface area contributed by atoms with E-state index in [1.165, 1.54) is 11.1 Å². The first-order valence-electron chi connectivity index (χ1n) is 12.3. The summed E-state index contributed by atoms with van der Waals surface area (Å²) in [5.41, 5.74) is 2.18. The van der Waals surface area contributed by atoms with E-state index in [4.69, 9.17) is 21.1 Å². The molecule has 0 aliphatic carbocycles. The van der Waals surface area contributed by atoms with Crippen molar-refractivity contribution in [1.82, 2.24) is 14.9 Å². The number of hydrogen-bond donors (Lipinski definition) is 1. The van der Waals surface area contributed by atoms with Gasteiger partial charge in [-0.05, 0) is 57.2 Å². The normalized spacial score (nSPS) is 15.6. The summed E-state index contributed by atoms with van der Waals surface area (Å²) in [4.78, 5) is 39.4. The number of rotatable bonds is 4. The summed E-state index contributed by atoms with van der Waals surface area (Å²) in [6, 6.07) is 15.0. The van der Waals surface area contributed by atoms with Crippen LogP contribution in [-0.4, -0.2) is 65.4 Å². The van der Waals surface area contributed by atoms with Crippen molar-refractivity contribution < 1.29 is 19.1 Å². The molecule has 10 nitrogen and oxygen atoms in total. The van der Waals surface area contributed by atoms with E-state index in [1.54, 1.807) is 23.1 Å². The molecule has 1 saturated heterocycles. The number of para-hydroxylation sites is 1. The molecule has 1 N–H and O–H groups in total. The van der Waals surface area contributed by atoms with Crippen molar-refractivity contribution >= 4 is 46.6 Å².